The van der Waals surface area contributed by atoms with Crippen molar-refractivity contribution in [2.75, 3.05) is 11.9 Å². The van der Waals surface area contributed by atoms with Crippen LogP contribution in [0.25, 0.3) is 0 Å². The fourth-order valence-corrected chi connectivity index (χ4v) is 2.74. The highest BCUT2D eigenvalue weighted by Crippen LogP contribution is 2.16. The maximum Gasteiger partial charge on any atom is 0.261 e. The zero-order chi connectivity index (χ0) is 15.1. The lowest BCUT2D eigenvalue weighted by molar-refractivity contribution is -0.116. The zero-order valence-corrected chi connectivity index (χ0v) is 12.6. The highest BCUT2D eigenvalue weighted by Gasteiger charge is 2.12. The van der Waals surface area contributed by atoms with Crippen LogP contribution in [0.1, 0.15) is 28.6 Å². The second-order valence-electron chi connectivity index (χ2n) is 4.40. The second-order valence-corrected chi connectivity index (χ2v) is 5.31. The Morgan fingerprint density at radius 3 is 2.86 bits per heavy atom. The van der Waals surface area contributed by atoms with Crippen molar-refractivity contribution in [2.24, 2.45) is 0 Å². The van der Waals surface area contributed by atoms with Crippen LogP contribution in [0.4, 0.5) is 5.82 Å². The Bertz CT molecular complexity index is 610. The molecule has 0 aliphatic rings. The van der Waals surface area contributed by atoms with Crippen molar-refractivity contribution in [1.29, 1.82) is 0 Å². The Balaban J connectivity index is 1.76. The van der Waals surface area contributed by atoms with Crippen LogP contribution < -0.4 is 10.6 Å². The van der Waals surface area contributed by atoms with Gasteiger partial charge < -0.3 is 10.6 Å². The first kappa shape index (κ1) is 15.2. The van der Waals surface area contributed by atoms with E-state index in [0.717, 1.165) is 16.9 Å². The SMILES string of the molecule is CCc1ccsc1C(=O)NCCC(=O)Nc1ccccn1. The van der Waals surface area contributed by atoms with E-state index in [1.165, 1.54) is 11.3 Å². The lowest BCUT2D eigenvalue weighted by atomic mass is 10.2. The van der Waals surface area contributed by atoms with Crippen LogP contribution in [0.2, 0.25) is 0 Å². The molecule has 21 heavy (non-hydrogen) atoms. The smallest absolute Gasteiger partial charge is 0.261 e. The molecule has 0 unspecified atom stereocenters. The third kappa shape index (κ3) is 4.39. The number of hydrogen-bond acceptors (Lipinski definition) is 4. The first-order valence-corrected chi connectivity index (χ1v) is 7.64. The number of rotatable bonds is 6. The molecule has 0 bridgehead atoms. The van der Waals surface area contributed by atoms with E-state index in [-0.39, 0.29) is 18.2 Å². The molecule has 0 atom stereocenters. The highest BCUT2D eigenvalue weighted by molar-refractivity contribution is 7.12. The van der Waals surface area contributed by atoms with E-state index in [1.54, 1.807) is 24.4 Å². The van der Waals surface area contributed by atoms with Gasteiger partial charge in [-0.15, -0.1) is 11.3 Å². The Hall–Kier alpha value is -2.21. The van der Waals surface area contributed by atoms with Gasteiger partial charge in [0.25, 0.3) is 5.91 Å². The lowest BCUT2D eigenvalue weighted by Gasteiger charge is -2.06. The Morgan fingerprint density at radius 2 is 2.14 bits per heavy atom. The number of aromatic nitrogens is 1. The largest absolute Gasteiger partial charge is 0.351 e. The third-order valence-electron chi connectivity index (χ3n) is 2.90. The maximum absolute atomic E-state index is 12.0. The molecule has 2 heterocycles. The molecular weight excluding hydrogens is 286 g/mol. The van der Waals surface area contributed by atoms with E-state index in [2.05, 4.69) is 15.6 Å². The van der Waals surface area contributed by atoms with Crippen LogP contribution in [-0.2, 0) is 11.2 Å². The van der Waals surface area contributed by atoms with E-state index in [4.69, 9.17) is 0 Å². The van der Waals surface area contributed by atoms with Crippen LogP contribution >= 0.6 is 11.3 Å². The average Bonchev–Trinajstić information content (AvgIpc) is 2.96. The summed E-state index contributed by atoms with van der Waals surface area (Å²) in [4.78, 5) is 28.4. The third-order valence-corrected chi connectivity index (χ3v) is 3.86. The van der Waals surface area contributed by atoms with Gasteiger partial charge in [-0.05, 0) is 35.6 Å². The monoisotopic (exact) mass is 303 g/mol. The molecule has 2 aromatic rings. The first-order valence-electron chi connectivity index (χ1n) is 6.76. The van der Waals surface area contributed by atoms with E-state index in [1.807, 2.05) is 18.4 Å². The van der Waals surface area contributed by atoms with E-state index >= 15 is 0 Å². The molecule has 0 aliphatic heterocycles. The summed E-state index contributed by atoms with van der Waals surface area (Å²) < 4.78 is 0. The summed E-state index contributed by atoms with van der Waals surface area (Å²) in [7, 11) is 0. The maximum atomic E-state index is 12.0. The Morgan fingerprint density at radius 1 is 1.29 bits per heavy atom. The first-order chi connectivity index (χ1) is 10.2. The summed E-state index contributed by atoms with van der Waals surface area (Å²) in [5.74, 6) is 0.226. The van der Waals surface area contributed by atoms with E-state index in [0.29, 0.717) is 12.4 Å². The van der Waals surface area contributed by atoms with E-state index in [9.17, 15) is 9.59 Å². The van der Waals surface area contributed by atoms with E-state index < -0.39 is 0 Å². The zero-order valence-electron chi connectivity index (χ0n) is 11.8. The summed E-state index contributed by atoms with van der Waals surface area (Å²) >= 11 is 1.42. The molecule has 2 aromatic heterocycles. The van der Waals surface area contributed by atoms with Gasteiger partial charge in [-0.1, -0.05) is 13.0 Å². The molecule has 2 N–H and O–H groups in total. The van der Waals surface area contributed by atoms with Crippen LogP contribution in [0, 0.1) is 0 Å². The van der Waals surface area contributed by atoms with Crippen molar-refractivity contribution in [3.63, 3.8) is 0 Å². The number of carbonyl (C=O) groups is 2. The molecule has 0 aliphatic carbocycles. The molecule has 110 valence electrons. The number of nitrogens with one attached hydrogen (secondary N) is 2. The van der Waals surface area contributed by atoms with Crippen molar-refractivity contribution in [2.45, 2.75) is 19.8 Å². The van der Waals surface area contributed by atoms with Crippen molar-refractivity contribution >= 4 is 29.0 Å². The minimum Gasteiger partial charge on any atom is -0.351 e. The van der Waals surface area contributed by atoms with Crippen molar-refractivity contribution < 1.29 is 9.59 Å². The standard InChI is InChI=1S/C15H17N3O2S/c1-2-11-7-10-21-14(11)15(20)17-9-6-13(19)18-12-5-3-4-8-16-12/h3-5,7-8,10H,2,6,9H2,1H3,(H,17,20)(H,16,18,19). The molecule has 5 nitrogen and oxygen atoms in total. The average molecular weight is 303 g/mol. The number of hydrogen-bond donors (Lipinski definition) is 2. The van der Waals surface area contributed by atoms with Gasteiger partial charge >= 0.3 is 0 Å². The quantitative estimate of drug-likeness (QED) is 0.861. The molecule has 2 rings (SSSR count). The Kier molecular flexibility index (Phi) is 5.45. The normalized spacial score (nSPS) is 10.1. The van der Waals surface area contributed by atoms with Gasteiger partial charge in [0.1, 0.15) is 5.82 Å². The van der Waals surface area contributed by atoms with Crippen molar-refractivity contribution in [3.05, 3.63) is 46.3 Å². The van der Waals surface area contributed by atoms with Gasteiger partial charge in [-0.25, -0.2) is 4.98 Å². The summed E-state index contributed by atoms with van der Waals surface area (Å²) in [6.07, 6.45) is 2.65. The molecule has 0 aromatic carbocycles. The topological polar surface area (TPSA) is 71.1 Å². The summed E-state index contributed by atoms with van der Waals surface area (Å²) in [6, 6.07) is 7.25. The predicted molar refractivity (Wildman–Crippen MR) is 83.5 cm³/mol. The van der Waals surface area contributed by atoms with Crippen LogP contribution in [0.5, 0.6) is 0 Å². The van der Waals surface area contributed by atoms with Gasteiger partial charge in [0, 0.05) is 19.2 Å². The number of anilines is 1. The highest BCUT2D eigenvalue weighted by atomic mass is 32.1. The fourth-order valence-electron chi connectivity index (χ4n) is 1.83. The molecule has 0 saturated carbocycles. The molecule has 0 spiro atoms. The molecule has 0 saturated heterocycles. The summed E-state index contributed by atoms with van der Waals surface area (Å²) in [5, 5.41) is 7.35. The minimum absolute atomic E-state index is 0.118. The molecule has 6 heteroatoms. The van der Waals surface area contributed by atoms with Crippen LogP contribution in [0.3, 0.4) is 0 Å². The molecule has 2 amide bonds. The fraction of sp³-hybridized carbons (Fsp3) is 0.267. The molecule has 0 fully saturated rings. The number of nitrogens with zero attached hydrogens (tertiary/aromatic N) is 1. The van der Waals surface area contributed by atoms with Gasteiger partial charge in [-0.3, -0.25) is 9.59 Å². The van der Waals surface area contributed by atoms with Crippen LogP contribution in [-0.4, -0.2) is 23.3 Å². The Labute approximate surface area is 127 Å². The minimum atomic E-state index is -0.170. The summed E-state index contributed by atoms with van der Waals surface area (Å²) in [6.45, 7) is 2.32. The number of aryl methyl sites for hydroxylation is 1. The van der Waals surface area contributed by atoms with Crippen LogP contribution in [0.15, 0.2) is 35.8 Å². The number of amides is 2. The lowest BCUT2D eigenvalue weighted by Crippen LogP contribution is -2.27. The van der Waals surface area contributed by atoms with Gasteiger partial charge in [0.15, 0.2) is 0 Å². The number of thiophene rings is 1. The van der Waals surface area contributed by atoms with Crippen molar-refractivity contribution in [1.82, 2.24) is 10.3 Å². The van der Waals surface area contributed by atoms with Gasteiger partial charge in [-0.2, -0.15) is 0 Å². The molecule has 0 radical (unpaired) electrons. The molecular formula is C15H17N3O2S. The van der Waals surface area contributed by atoms with Crippen molar-refractivity contribution in [3.8, 4) is 0 Å². The van der Waals surface area contributed by atoms with Gasteiger partial charge in [0.05, 0.1) is 4.88 Å². The second kappa shape index (κ2) is 7.54. The number of pyridine rings is 1. The predicted octanol–water partition coefficient (Wildman–Crippen LogP) is 2.46. The number of carbonyl (C=O) groups excluding carboxylic acids is 2. The summed E-state index contributed by atoms with van der Waals surface area (Å²) in [5.41, 5.74) is 1.04. The van der Waals surface area contributed by atoms with Gasteiger partial charge in [0.2, 0.25) is 5.91 Å².